The topological polar surface area (TPSA) is 46.5 Å². The van der Waals surface area contributed by atoms with Crippen molar-refractivity contribution in [3.8, 4) is 5.75 Å². The van der Waals surface area contributed by atoms with E-state index in [0.29, 0.717) is 30.8 Å². The molecule has 0 spiro atoms. The molecule has 1 aliphatic rings. The molecule has 1 fully saturated rings. The molecule has 22 heavy (non-hydrogen) atoms. The van der Waals surface area contributed by atoms with E-state index in [1.165, 1.54) is 5.56 Å². The van der Waals surface area contributed by atoms with Crippen LogP contribution in [0.15, 0.2) is 36.4 Å². The molecule has 1 N–H and O–H groups in total. The van der Waals surface area contributed by atoms with Crippen LogP contribution in [0.3, 0.4) is 0 Å². The third-order valence-corrected chi connectivity index (χ3v) is 4.53. The average molecular weight is 302 g/mol. The predicted molar refractivity (Wildman–Crippen MR) is 88.1 cm³/mol. The van der Waals surface area contributed by atoms with Gasteiger partial charge < -0.3 is 9.84 Å². The summed E-state index contributed by atoms with van der Waals surface area (Å²) in [5.74, 6) is 1.50. The molecule has 1 aromatic rings. The summed E-state index contributed by atoms with van der Waals surface area (Å²) in [7, 11) is 0. The smallest absolute Gasteiger partial charge is 0.303 e. The predicted octanol–water partition coefficient (Wildman–Crippen LogP) is 4.46. The second-order valence-electron chi connectivity index (χ2n) is 6.37. The van der Waals surface area contributed by atoms with Gasteiger partial charge in [0.1, 0.15) is 5.75 Å². The molecule has 0 amide bonds. The van der Waals surface area contributed by atoms with Crippen molar-refractivity contribution in [1.82, 2.24) is 0 Å². The highest BCUT2D eigenvalue weighted by Gasteiger charge is 2.32. The summed E-state index contributed by atoms with van der Waals surface area (Å²) in [6, 6.07) is 8.05. The number of benzene rings is 1. The number of aliphatic carboxylic acids is 1. The van der Waals surface area contributed by atoms with Gasteiger partial charge in [-0.05, 0) is 61.6 Å². The maximum atomic E-state index is 10.9. The maximum Gasteiger partial charge on any atom is 0.303 e. The minimum absolute atomic E-state index is 0.291. The van der Waals surface area contributed by atoms with Crippen molar-refractivity contribution in [1.29, 1.82) is 0 Å². The van der Waals surface area contributed by atoms with Gasteiger partial charge in [0.15, 0.2) is 0 Å². The number of ether oxygens (including phenoxy) is 1. The van der Waals surface area contributed by atoms with Gasteiger partial charge in [-0.25, -0.2) is 0 Å². The monoisotopic (exact) mass is 302 g/mol. The lowest BCUT2D eigenvalue weighted by Crippen LogP contribution is -2.14. The number of carboxylic acids is 1. The zero-order valence-corrected chi connectivity index (χ0v) is 13.5. The highest BCUT2D eigenvalue weighted by atomic mass is 16.5. The molecule has 1 unspecified atom stereocenters. The molecule has 1 saturated carbocycles. The fourth-order valence-electron chi connectivity index (χ4n) is 3.34. The Hall–Kier alpha value is -1.77. The van der Waals surface area contributed by atoms with Gasteiger partial charge in [0.2, 0.25) is 0 Å². The third-order valence-electron chi connectivity index (χ3n) is 4.53. The quantitative estimate of drug-likeness (QED) is 0.597. The number of hydrogen-bond donors (Lipinski definition) is 1. The molecule has 0 bridgehead atoms. The van der Waals surface area contributed by atoms with Crippen molar-refractivity contribution in [3.63, 3.8) is 0 Å². The first-order valence-electron chi connectivity index (χ1n) is 8.14. The highest BCUT2D eigenvalue weighted by molar-refractivity contribution is 5.67. The Labute approximate surface area is 133 Å². The Morgan fingerprint density at radius 2 is 2.23 bits per heavy atom. The molecule has 120 valence electrons. The molecule has 3 nitrogen and oxygen atoms in total. The first-order chi connectivity index (χ1) is 10.6. The molecule has 3 heteroatoms. The van der Waals surface area contributed by atoms with E-state index in [0.717, 1.165) is 25.0 Å². The van der Waals surface area contributed by atoms with Gasteiger partial charge in [-0.15, -0.1) is 0 Å². The first kappa shape index (κ1) is 16.6. The third kappa shape index (κ3) is 4.90. The molecule has 0 heterocycles. The van der Waals surface area contributed by atoms with Crippen LogP contribution in [0.2, 0.25) is 0 Å². The summed E-state index contributed by atoms with van der Waals surface area (Å²) in [5, 5.41) is 8.99. The molecular formula is C19H26O3. The van der Waals surface area contributed by atoms with E-state index in [2.05, 4.69) is 32.1 Å². The minimum Gasteiger partial charge on any atom is -0.493 e. The van der Waals surface area contributed by atoms with E-state index >= 15 is 0 Å². The number of aryl methyl sites for hydroxylation is 1. The van der Waals surface area contributed by atoms with Crippen molar-refractivity contribution in [2.45, 2.75) is 39.5 Å². The largest absolute Gasteiger partial charge is 0.493 e. The first-order valence-corrected chi connectivity index (χ1v) is 8.14. The lowest BCUT2D eigenvalue weighted by Gasteiger charge is -2.17. The van der Waals surface area contributed by atoms with Crippen LogP contribution in [0.4, 0.5) is 0 Å². The van der Waals surface area contributed by atoms with Gasteiger partial charge in [-0.2, -0.15) is 0 Å². The molecular weight excluding hydrogens is 276 g/mol. The highest BCUT2D eigenvalue weighted by Crippen LogP contribution is 2.39. The van der Waals surface area contributed by atoms with Crippen LogP contribution < -0.4 is 4.74 Å². The van der Waals surface area contributed by atoms with E-state index < -0.39 is 5.97 Å². The Morgan fingerprint density at radius 1 is 1.41 bits per heavy atom. The van der Waals surface area contributed by atoms with Crippen LogP contribution in [0.1, 0.15) is 38.2 Å². The van der Waals surface area contributed by atoms with Crippen molar-refractivity contribution >= 4 is 5.97 Å². The summed E-state index contributed by atoms with van der Waals surface area (Å²) in [6.07, 6.45) is 7.67. The standard InChI is InChI=1S/C19H26O3/c1-14-6-5-7-17(12-14)22-11-4-3-8-18-15(2)9-10-16(18)13-19(20)21/h3,5-8,12,15-16,18H,4,9-11,13H2,1-2H3,(H,20,21)/b8-3+/t15-,16-,18?/m1/s1. The van der Waals surface area contributed by atoms with E-state index in [1.807, 2.05) is 18.2 Å². The van der Waals surface area contributed by atoms with Gasteiger partial charge >= 0.3 is 5.97 Å². The van der Waals surface area contributed by atoms with Crippen LogP contribution in [-0.2, 0) is 4.79 Å². The molecule has 0 aromatic heterocycles. The summed E-state index contributed by atoms with van der Waals surface area (Å²) in [4.78, 5) is 10.9. The van der Waals surface area contributed by atoms with Gasteiger partial charge in [-0.3, -0.25) is 4.79 Å². The minimum atomic E-state index is -0.680. The summed E-state index contributed by atoms with van der Waals surface area (Å²) < 4.78 is 5.72. The zero-order chi connectivity index (χ0) is 15.9. The second-order valence-corrected chi connectivity index (χ2v) is 6.37. The van der Waals surface area contributed by atoms with E-state index in [4.69, 9.17) is 9.84 Å². The maximum absolute atomic E-state index is 10.9. The summed E-state index contributed by atoms with van der Waals surface area (Å²) >= 11 is 0. The Morgan fingerprint density at radius 3 is 2.95 bits per heavy atom. The molecule has 0 radical (unpaired) electrons. The van der Waals surface area contributed by atoms with Crippen LogP contribution in [0.25, 0.3) is 0 Å². The Kier molecular flexibility index (Phi) is 6.05. The second kappa shape index (κ2) is 8.02. The van der Waals surface area contributed by atoms with Crippen molar-refractivity contribution < 1.29 is 14.6 Å². The van der Waals surface area contributed by atoms with Crippen LogP contribution in [-0.4, -0.2) is 17.7 Å². The molecule has 3 atom stereocenters. The molecule has 0 aliphatic heterocycles. The van der Waals surface area contributed by atoms with Crippen molar-refractivity contribution in [3.05, 3.63) is 42.0 Å². The van der Waals surface area contributed by atoms with Crippen molar-refractivity contribution in [2.24, 2.45) is 17.8 Å². The summed E-state index contributed by atoms with van der Waals surface area (Å²) in [5.41, 5.74) is 1.20. The molecule has 1 aliphatic carbocycles. The number of carbonyl (C=O) groups is 1. The summed E-state index contributed by atoms with van der Waals surface area (Å²) in [6.45, 7) is 4.93. The zero-order valence-electron chi connectivity index (χ0n) is 13.5. The average Bonchev–Trinajstić information content (AvgIpc) is 2.79. The number of rotatable bonds is 7. The Balaban J connectivity index is 1.77. The number of hydrogen-bond acceptors (Lipinski definition) is 2. The fraction of sp³-hybridized carbons (Fsp3) is 0.526. The van der Waals surface area contributed by atoms with Crippen LogP contribution in [0.5, 0.6) is 5.75 Å². The van der Waals surface area contributed by atoms with Crippen LogP contribution >= 0.6 is 0 Å². The van der Waals surface area contributed by atoms with Gasteiger partial charge in [0, 0.05) is 6.42 Å². The normalized spacial score (nSPS) is 24.7. The number of allylic oxidation sites excluding steroid dienone is 1. The van der Waals surface area contributed by atoms with E-state index in [-0.39, 0.29) is 0 Å². The van der Waals surface area contributed by atoms with Gasteiger partial charge in [-0.1, -0.05) is 31.2 Å². The number of carboxylic acid groups (broad SMARTS) is 1. The van der Waals surface area contributed by atoms with E-state index in [9.17, 15) is 4.79 Å². The van der Waals surface area contributed by atoms with Crippen molar-refractivity contribution in [2.75, 3.05) is 6.61 Å². The fourth-order valence-corrected chi connectivity index (χ4v) is 3.34. The van der Waals surface area contributed by atoms with E-state index in [1.54, 1.807) is 0 Å². The molecule has 2 rings (SSSR count). The SMILES string of the molecule is Cc1cccc(OCC/C=C/C2[C@@H](CC(=O)O)CC[C@H]2C)c1. The van der Waals surface area contributed by atoms with Gasteiger partial charge in [0.05, 0.1) is 6.61 Å². The lowest BCUT2D eigenvalue weighted by atomic mass is 9.88. The van der Waals surface area contributed by atoms with Gasteiger partial charge in [0.25, 0.3) is 0 Å². The van der Waals surface area contributed by atoms with Crippen LogP contribution in [0, 0.1) is 24.7 Å². The molecule has 0 saturated heterocycles. The lowest BCUT2D eigenvalue weighted by molar-refractivity contribution is -0.138. The Bertz CT molecular complexity index is 521. The molecule has 1 aromatic carbocycles.